The summed E-state index contributed by atoms with van der Waals surface area (Å²) in [6, 6.07) is 9.47. The number of nitrogens with two attached hydrogens (primary N) is 1. The van der Waals surface area contributed by atoms with E-state index in [2.05, 4.69) is 10.1 Å². The smallest absolute Gasteiger partial charge is 0.222 e. The predicted octanol–water partition coefficient (Wildman–Crippen LogP) is 1.70. The highest BCUT2D eigenvalue weighted by molar-refractivity contribution is 5.95. The van der Waals surface area contributed by atoms with Crippen molar-refractivity contribution in [3.63, 3.8) is 0 Å². The van der Waals surface area contributed by atoms with Crippen LogP contribution in [0.4, 0.5) is 5.88 Å². The van der Waals surface area contributed by atoms with Crippen LogP contribution >= 0.6 is 0 Å². The molecule has 0 spiro atoms. The van der Waals surface area contributed by atoms with E-state index in [1.165, 1.54) is 0 Å². The monoisotopic (exact) mass is 229 g/mol. The lowest BCUT2D eigenvalue weighted by molar-refractivity contribution is 0.348. The SMILES string of the molecule is Nc1cc(-c2ccc(C3=NCCO3)cc2)no1. The fraction of sp³-hybridized carbons (Fsp3) is 0.167. The van der Waals surface area contributed by atoms with Gasteiger partial charge >= 0.3 is 0 Å². The van der Waals surface area contributed by atoms with Gasteiger partial charge in [0.1, 0.15) is 12.3 Å². The molecule has 1 aliphatic heterocycles. The molecule has 0 bridgehead atoms. The minimum atomic E-state index is 0.313. The first-order valence-corrected chi connectivity index (χ1v) is 5.33. The van der Waals surface area contributed by atoms with E-state index in [0.717, 1.165) is 23.4 Å². The van der Waals surface area contributed by atoms with Gasteiger partial charge < -0.3 is 15.0 Å². The van der Waals surface area contributed by atoms with Gasteiger partial charge in [0.15, 0.2) is 0 Å². The van der Waals surface area contributed by atoms with E-state index >= 15 is 0 Å². The molecule has 2 heterocycles. The Morgan fingerprint density at radius 1 is 1.12 bits per heavy atom. The summed E-state index contributed by atoms with van der Waals surface area (Å²) >= 11 is 0. The molecule has 3 rings (SSSR count). The van der Waals surface area contributed by atoms with Gasteiger partial charge in [0.2, 0.25) is 11.8 Å². The number of nitrogen functional groups attached to an aromatic ring is 1. The van der Waals surface area contributed by atoms with Crippen LogP contribution in [0.2, 0.25) is 0 Å². The molecular weight excluding hydrogens is 218 g/mol. The van der Waals surface area contributed by atoms with Crippen molar-refractivity contribution in [1.29, 1.82) is 0 Å². The van der Waals surface area contributed by atoms with Crippen molar-refractivity contribution in [3.05, 3.63) is 35.9 Å². The highest BCUT2D eigenvalue weighted by Crippen LogP contribution is 2.21. The third-order valence-electron chi connectivity index (χ3n) is 2.54. The lowest BCUT2D eigenvalue weighted by atomic mass is 10.1. The van der Waals surface area contributed by atoms with E-state index in [0.29, 0.717) is 18.4 Å². The van der Waals surface area contributed by atoms with Gasteiger partial charge in [-0.25, -0.2) is 4.99 Å². The van der Waals surface area contributed by atoms with Crippen LogP contribution in [0.1, 0.15) is 5.56 Å². The average molecular weight is 229 g/mol. The van der Waals surface area contributed by atoms with Crippen LogP contribution in [-0.2, 0) is 4.74 Å². The standard InChI is InChI=1S/C12H11N3O2/c13-11-7-10(15-17-11)8-1-3-9(4-2-8)12-14-5-6-16-12/h1-4,7H,5-6,13H2. The number of anilines is 1. The van der Waals surface area contributed by atoms with Gasteiger partial charge in [0.05, 0.1) is 6.54 Å². The van der Waals surface area contributed by atoms with Gasteiger partial charge in [-0.05, 0) is 12.1 Å². The molecule has 0 atom stereocenters. The largest absolute Gasteiger partial charge is 0.476 e. The van der Waals surface area contributed by atoms with Crippen molar-refractivity contribution in [2.45, 2.75) is 0 Å². The minimum absolute atomic E-state index is 0.313. The summed E-state index contributed by atoms with van der Waals surface area (Å²) in [5, 5.41) is 3.85. The van der Waals surface area contributed by atoms with E-state index in [9.17, 15) is 0 Å². The molecule has 0 saturated carbocycles. The average Bonchev–Trinajstić information content (AvgIpc) is 3.00. The van der Waals surface area contributed by atoms with Crippen LogP contribution in [0.15, 0.2) is 39.8 Å². The summed E-state index contributed by atoms with van der Waals surface area (Å²) in [6.45, 7) is 1.40. The third-order valence-corrected chi connectivity index (χ3v) is 2.54. The Balaban J connectivity index is 1.89. The second-order valence-corrected chi connectivity index (χ2v) is 3.73. The number of aromatic nitrogens is 1. The Morgan fingerprint density at radius 3 is 2.47 bits per heavy atom. The van der Waals surface area contributed by atoms with Crippen molar-refractivity contribution in [2.75, 3.05) is 18.9 Å². The van der Waals surface area contributed by atoms with Crippen molar-refractivity contribution < 1.29 is 9.26 Å². The van der Waals surface area contributed by atoms with Gasteiger partial charge in [-0.15, -0.1) is 0 Å². The summed E-state index contributed by atoms with van der Waals surface area (Å²) in [7, 11) is 0. The Kier molecular flexibility index (Phi) is 2.29. The van der Waals surface area contributed by atoms with Crippen LogP contribution in [0.25, 0.3) is 11.3 Å². The Labute approximate surface area is 97.9 Å². The number of aliphatic imine (C=N–C) groups is 1. The number of ether oxygens (including phenoxy) is 1. The molecule has 5 heteroatoms. The fourth-order valence-electron chi connectivity index (χ4n) is 1.72. The van der Waals surface area contributed by atoms with Crippen molar-refractivity contribution in [1.82, 2.24) is 5.16 Å². The van der Waals surface area contributed by atoms with E-state index in [4.69, 9.17) is 15.0 Å². The van der Waals surface area contributed by atoms with Gasteiger partial charge in [-0.3, -0.25) is 0 Å². The van der Waals surface area contributed by atoms with Crippen LogP contribution < -0.4 is 5.73 Å². The fourth-order valence-corrected chi connectivity index (χ4v) is 1.72. The highest BCUT2D eigenvalue weighted by Gasteiger charge is 2.10. The second kappa shape index (κ2) is 3.93. The number of nitrogens with zero attached hydrogens (tertiary/aromatic N) is 2. The second-order valence-electron chi connectivity index (χ2n) is 3.73. The predicted molar refractivity (Wildman–Crippen MR) is 63.7 cm³/mol. The molecule has 0 saturated heterocycles. The molecule has 2 aromatic rings. The molecule has 0 aliphatic carbocycles. The molecule has 1 aromatic heterocycles. The zero-order valence-electron chi connectivity index (χ0n) is 9.09. The summed E-state index contributed by atoms with van der Waals surface area (Å²) in [5.41, 5.74) is 8.13. The van der Waals surface area contributed by atoms with Gasteiger partial charge in [0.25, 0.3) is 0 Å². The van der Waals surface area contributed by atoms with E-state index in [1.54, 1.807) is 6.07 Å². The number of hydrogen-bond donors (Lipinski definition) is 1. The zero-order chi connectivity index (χ0) is 11.7. The lowest BCUT2D eigenvalue weighted by Gasteiger charge is -2.02. The molecule has 1 aromatic carbocycles. The summed E-state index contributed by atoms with van der Waals surface area (Å²) in [4.78, 5) is 4.25. The van der Waals surface area contributed by atoms with Gasteiger partial charge in [-0.1, -0.05) is 17.3 Å². The van der Waals surface area contributed by atoms with Crippen LogP contribution in [0, 0.1) is 0 Å². The maximum Gasteiger partial charge on any atom is 0.222 e. The highest BCUT2D eigenvalue weighted by atomic mass is 16.5. The topological polar surface area (TPSA) is 73.6 Å². The Bertz CT molecular complexity index is 557. The summed E-state index contributed by atoms with van der Waals surface area (Å²) in [6.07, 6.45) is 0. The summed E-state index contributed by atoms with van der Waals surface area (Å²) < 4.78 is 10.2. The lowest BCUT2D eigenvalue weighted by Crippen LogP contribution is -2.00. The quantitative estimate of drug-likeness (QED) is 0.850. The molecule has 5 nitrogen and oxygen atoms in total. The maximum absolute atomic E-state index is 5.48. The van der Waals surface area contributed by atoms with Gasteiger partial charge in [-0.2, -0.15) is 0 Å². The summed E-state index contributed by atoms with van der Waals surface area (Å²) in [5.74, 6) is 1.02. The zero-order valence-corrected chi connectivity index (χ0v) is 9.09. The van der Waals surface area contributed by atoms with Gasteiger partial charge in [0, 0.05) is 17.2 Å². The molecule has 1 aliphatic rings. The minimum Gasteiger partial charge on any atom is -0.476 e. The molecule has 2 N–H and O–H groups in total. The molecular formula is C12H11N3O2. The van der Waals surface area contributed by atoms with E-state index in [1.807, 2.05) is 24.3 Å². The first kappa shape index (κ1) is 9.89. The molecule has 0 amide bonds. The number of rotatable bonds is 2. The molecule has 0 fully saturated rings. The van der Waals surface area contributed by atoms with E-state index in [-0.39, 0.29) is 0 Å². The number of hydrogen-bond acceptors (Lipinski definition) is 5. The Morgan fingerprint density at radius 2 is 1.88 bits per heavy atom. The molecule has 0 unspecified atom stereocenters. The van der Waals surface area contributed by atoms with E-state index < -0.39 is 0 Å². The first-order chi connectivity index (χ1) is 8.33. The Hall–Kier alpha value is -2.30. The van der Waals surface area contributed by atoms with Crippen LogP contribution in [-0.4, -0.2) is 24.2 Å². The maximum atomic E-state index is 5.48. The van der Waals surface area contributed by atoms with Crippen molar-refractivity contribution >= 4 is 11.8 Å². The normalized spacial score (nSPS) is 14.5. The molecule has 17 heavy (non-hydrogen) atoms. The van der Waals surface area contributed by atoms with Crippen molar-refractivity contribution in [2.24, 2.45) is 4.99 Å². The van der Waals surface area contributed by atoms with Crippen molar-refractivity contribution in [3.8, 4) is 11.3 Å². The first-order valence-electron chi connectivity index (χ1n) is 5.33. The van der Waals surface area contributed by atoms with Crippen LogP contribution in [0.5, 0.6) is 0 Å². The molecule has 0 radical (unpaired) electrons. The third kappa shape index (κ3) is 1.87. The molecule has 86 valence electrons. The van der Waals surface area contributed by atoms with Crippen LogP contribution in [0.3, 0.4) is 0 Å². The number of benzene rings is 1.